The molecular weight excluding hydrogens is 496 g/mol. The number of allylic oxidation sites excluding steroid dienone is 1. The molecule has 1 amide bonds. The van der Waals surface area contributed by atoms with E-state index in [1.807, 2.05) is 55.5 Å². The molecule has 0 saturated heterocycles. The van der Waals surface area contributed by atoms with Crippen LogP contribution in [0.1, 0.15) is 18.5 Å². The molecule has 5 rings (SSSR count). The van der Waals surface area contributed by atoms with Crippen molar-refractivity contribution in [1.82, 2.24) is 19.7 Å². The lowest BCUT2D eigenvalue weighted by Crippen LogP contribution is -2.31. The lowest BCUT2D eigenvalue weighted by Gasteiger charge is -2.28. The van der Waals surface area contributed by atoms with E-state index < -0.39 is 6.04 Å². The van der Waals surface area contributed by atoms with Gasteiger partial charge < -0.3 is 15.4 Å². The molecule has 170 valence electrons. The number of ether oxygens (including phenoxy) is 1. The number of anilines is 2. The highest BCUT2D eigenvalue weighted by Crippen LogP contribution is 2.37. The lowest BCUT2D eigenvalue weighted by molar-refractivity contribution is -0.113. The first-order chi connectivity index (χ1) is 16.5. The fraction of sp³-hybridized carbons (Fsp3) is 0.120. The summed E-state index contributed by atoms with van der Waals surface area (Å²) in [5.74, 6) is 1.56. The van der Waals surface area contributed by atoms with Crippen molar-refractivity contribution in [3.63, 3.8) is 0 Å². The summed E-state index contributed by atoms with van der Waals surface area (Å²) >= 11 is 3.49. The van der Waals surface area contributed by atoms with Gasteiger partial charge in [-0.25, -0.2) is 4.68 Å². The largest absolute Gasteiger partial charge is 0.497 e. The highest BCUT2D eigenvalue weighted by Gasteiger charge is 2.34. The van der Waals surface area contributed by atoms with Gasteiger partial charge in [-0.15, -0.1) is 5.10 Å². The van der Waals surface area contributed by atoms with Crippen molar-refractivity contribution in [2.75, 3.05) is 17.7 Å². The SMILES string of the molecule is COc1cccc(-c2nc3n(n2)C(c2ccc(Br)cc2)C(C(=O)Nc2cccnc2)=C(C)N3)c1. The third-order valence-corrected chi connectivity index (χ3v) is 6.06. The summed E-state index contributed by atoms with van der Waals surface area (Å²) in [5, 5.41) is 11.0. The van der Waals surface area contributed by atoms with E-state index in [0.717, 1.165) is 15.6 Å². The number of fused-ring (bicyclic) bond motifs is 1. The van der Waals surface area contributed by atoms with Crippen molar-refractivity contribution < 1.29 is 9.53 Å². The lowest BCUT2D eigenvalue weighted by atomic mass is 9.95. The van der Waals surface area contributed by atoms with Gasteiger partial charge in [-0.05, 0) is 48.9 Å². The molecule has 8 nitrogen and oxygen atoms in total. The molecule has 9 heteroatoms. The standard InChI is InChI=1S/C25H21BrN6O2/c1-15-21(24(33)29-19-6-4-12-27-14-19)22(16-8-10-18(26)11-9-16)32-25(28-15)30-23(31-32)17-5-3-7-20(13-17)34-2/h3-14,22H,1-2H3,(H,29,33)(H,28,30,31). The Morgan fingerprint density at radius 2 is 1.97 bits per heavy atom. The Labute approximate surface area is 204 Å². The van der Waals surface area contributed by atoms with Crippen LogP contribution in [0.15, 0.2) is 88.8 Å². The van der Waals surface area contributed by atoms with E-state index >= 15 is 0 Å². The Morgan fingerprint density at radius 1 is 1.15 bits per heavy atom. The van der Waals surface area contributed by atoms with E-state index in [1.165, 1.54) is 0 Å². The van der Waals surface area contributed by atoms with E-state index in [2.05, 4.69) is 31.5 Å². The highest BCUT2D eigenvalue weighted by atomic mass is 79.9. The van der Waals surface area contributed by atoms with Crippen molar-refractivity contribution >= 4 is 33.5 Å². The zero-order valence-corrected chi connectivity index (χ0v) is 20.1. The molecule has 3 heterocycles. The van der Waals surface area contributed by atoms with E-state index in [1.54, 1.807) is 36.3 Å². The number of benzene rings is 2. The normalized spacial score (nSPS) is 14.9. The quantitative estimate of drug-likeness (QED) is 0.386. The van der Waals surface area contributed by atoms with Crippen molar-refractivity contribution in [2.45, 2.75) is 13.0 Å². The predicted octanol–water partition coefficient (Wildman–Crippen LogP) is 5.04. The van der Waals surface area contributed by atoms with Crippen LogP contribution in [0.5, 0.6) is 5.75 Å². The molecule has 1 unspecified atom stereocenters. The van der Waals surface area contributed by atoms with E-state index in [-0.39, 0.29) is 5.91 Å². The number of carbonyl (C=O) groups is 1. The molecule has 0 fully saturated rings. The number of hydrogen-bond donors (Lipinski definition) is 2. The van der Waals surface area contributed by atoms with E-state index in [4.69, 9.17) is 14.8 Å². The second-order valence-electron chi connectivity index (χ2n) is 7.75. The van der Waals surface area contributed by atoms with Crippen LogP contribution in [-0.4, -0.2) is 32.8 Å². The van der Waals surface area contributed by atoms with Crippen LogP contribution < -0.4 is 15.4 Å². The maximum atomic E-state index is 13.5. The number of nitrogens with zero attached hydrogens (tertiary/aromatic N) is 4. The average molecular weight is 517 g/mol. The number of carbonyl (C=O) groups excluding carboxylic acids is 1. The van der Waals surface area contributed by atoms with Crippen LogP contribution in [0.3, 0.4) is 0 Å². The smallest absolute Gasteiger partial charge is 0.255 e. The van der Waals surface area contributed by atoms with Crippen LogP contribution in [0.25, 0.3) is 11.4 Å². The Kier molecular flexibility index (Phi) is 5.85. The molecule has 2 N–H and O–H groups in total. The summed E-state index contributed by atoms with van der Waals surface area (Å²) in [6, 6.07) is 18.5. The maximum absolute atomic E-state index is 13.5. The molecule has 34 heavy (non-hydrogen) atoms. The number of nitrogens with one attached hydrogen (secondary N) is 2. The molecule has 0 radical (unpaired) electrons. The Hall–Kier alpha value is -3.98. The van der Waals surface area contributed by atoms with Gasteiger partial charge in [-0.1, -0.05) is 40.2 Å². The van der Waals surface area contributed by atoms with E-state index in [9.17, 15) is 4.79 Å². The van der Waals surface area contributed by atoms with Crippen LogP contribution in [0, 0.1) is 0 Å². The fourth-order valence-corrected chi connectivity index (χ4v) is 4.18. The minimum absolute atomic E-state index is 0.241. The van der Waals surface area contributed by atoms with Crippen LogP contribution in [0.2, 0.25) is 0 Å². The third kappa shape index (κ3) is 4.17. The second-order valence-corrected chi connectivity index (χ2v) is 8.66. The van der Waals surface area contributed by atoms with Gasteiger partial charge in [0.05, 0.1) is 24.6 Å². The van der Waals surface area contributed by atoms with Gasteiger partial charge in [0.2, 0.25) is 5.95 Å². The summed E-state index contributed by atoms with van der Waals surface area (Å²) in [6.45, 7) is 1.87. The minimum atomic E-state index is -0.479. The molecule has 2 aromatic heterocycles. The van der Waals surface area contributed by atoms with Gasteiger partial charge >= 0.3 is 0 Å². The second kappa shape index (κ2) is 9.11. The Bertz CT molecular complexity index is 1380. The summed E-state index contributed by atoms with van der Waals surface area (Å²) in [6.07, 6.45) is 3.27. The Balaban J connectivity index is 1.60. The summed E-state index contributed by atoms with van der Waals surface area (Å²) in [5.41, 5.74) is 3.58. The molecule has 0 saturated carbocycles. The first-order valence-electron chi connectivity index (χ1n) is 10.6. The molecule has 0 spiro atoms. The number of methoxy groups -OCH3 is 1. The summed E-state index contributed by atoms with van der Waals surface area (Å²) < 4.78 is 8.05. The number of aromatic nitrogens is 4. The zero-order valence-electron chi connectivity index (χ0n) is 18.5. The number of amides is 1. The predicted molar refractivity (Wildman–Crippen MR) is 133 cm³/mol. The average Bonchev–Trinajstić information content (AvgIpc) is 3.28. The fourth-order valence-electron chi connectivity index (χ4n) is 3.92. The summed E-state index contributed by atoms with van der Waals surface area (Å²) in [7, 11) is 1.62. The van der Waals surface area contributed by atoms with Gasteiger partial charge in [0, 0.05) is 21.9 Å². The van der Waals surface area contributed by atoms with Gasteiger partial charge in [-0.3, -0.25) is 9.78 Å². The zero-order chi connectivity index (χ0) is 23.7. The van der Waals surface area contributed by atoms with Crippen molar-refractivity contribution in [3.05, 3.63) is 94.4 Å². The Morgan fingerprint density at radius 3 is 2.71 bits per heavy atom. The van der Waals surface area contributed by atoms with Crippen molar-refractivity contribution in [2.24, 2.45) is 0 Å². The molecule has 2 aromatic carbocycles. The van der Waals surface area contributed by atoms with Gasteiger partial charge in [0.1, 0.15) is 11.8 Å². The van der Waals surface area contributed by atoms with Gasteiger partial charge in [0.15, 0.2) is 5.82 Å². The third-order valence-electron chi connectivity index (χ3n) is 5.53. The molecule has 0 aliphatic carbocycles. The van der Waals surface area contributed by atoms with Crippen molar-refractivity contribution in [3.8, 4) is 17.1 Å². The molecule has 0 bridgehead atoms. The maximum Gasteiger partial charge on any atom is 0.255 e. The van der Waals surface area contributed by atoms with E-state index in [0.29, 0.717) is 34.5 Å². The molecule has 1 atom stereocenters. The minimum Gasteiger partial charge on any atom is -0.497 e. The number of pyridine rings is 1. The van der Waals surface area contributed by atoms with Crippen LogP contribution in [0.4, 0.5) is 11.6 Å². The topological polar surface area (TPSA) is 94.0 Å². The number of halogens is 1. The van der Waals surface area contributed by atoms with Crippen LogP contribution in [-0.2, 0) is 4.79 Å². The monoisotopic (exact) mass is 516 g/mol. The highest BCUT2D eigenvalue weighted by molar-refractivity contribution is 9.10. The first-order valence-corrected chi connectivity index (χ1v) is 11.4. The number of hydrogen-bond acceptors (Lipinski definition) is 6. The van der Waals surface area contributed by atoms with Gasteiger partial charge in [-0.2, -0.15) is 4.98 Å². The first kappa shape index (κ1) is 21.8. The molecule has 1 aliphatic heterocycles. The van der Waals surface area contributed by atoms with Crippen LogP contribution >= 0.6 is 15.9 Å². The molecule has 4 aromatic rings. The summed E-state index contributed by atoms with van der Waals surface area (Å²) in [4.78, 5) is 22.3. The molecular formula is C25H21BrN6O2. The number of rotatable bonds is 5. The molecule has 1 aliphatic rings. The van der Waals surface area contributed by atoms with Gasteiger partial charge in [0.25, 0.3) is 5.91 Å². The van der Waals surface area contributed by atoms with Crippen molar-refractivity contribution in [1.29, 1.82) is 0 Å².